The van der Waals surface area contributed by atoms with Crippen molar-refractivity contribution < 1.29 is 33.4 Å². The van der Waals surface area contributed by atoms with Crippen LogP contribution in [0.4, 0.5) is 8.78 Å². The van der Waals surface area contributed by atoms with E-state index in [2.05, 4.69) is 15.0 Å². The lowest BCUT2D eigenvalue weighted by atomic mass is 9.86. The Hall–Kier alpha value is -2.67. The first-order chi connectivity index (χ1) is 11.3. The molecule has 1 rings (SSSR count). The van der Waals surface area contributed by atoms with Gasteiger partial charge in [-0.1, -0.05) is 5.11 Å². The van der Waals surface area contributed by atoms with E-state index in [1.807, 2.05) is 5.32 Å². The Bertz CT molecular complexity index is 594. The second-order valence-corrected chi connectivity index (χ2v) is 4.57. The summed E-state index contributed by atoms with van der Waals surface area (Å²) in [6.45, 7) is -1.24. The standard InChI is InChI=1S/C10H13F2N7O5/c11-9(12)1-7(16-8(17-23)15-6(22)2-13)24-10(4-21,18-19-14)5(9)3-20/h2-3,5,7,13,21,23H,1,4H2,(H2,15,16,17,22)/t5-,7+,10+/m0/s1. The molecule has 0 unspecified atom stereocenters. The van der Waals surface area contributed by atoms with Gasteiger partial charge in [0, 0.05) is 4.91 Å². The van der Waals surface area contributed by atoms with Gasteiger partial charge in [0.05, 0.1) is 19.2 Å². The third kappa shape index (κ3) is 3.99. The molecule has 1 heterocycles. The summed E-state index contributed by atoms with van der Waals surface area (Å²) in [5, 5.41) is 29.6. The summed E-state index contributed by atoms with van der Waals surface area (Å²) in [7, 11) is 0. The summed E-state index contributed by atoms with van der Waals surface area (Å²) in [5.41, 5.74) is 7.29. The van der Waals surface area contributed by atoms with Gasteiger partial charge in [-0.05, 0) is 5.53 Å². The van der Waals surface area contributed by atoms with Crippen LogP contribution >= 0.6 is 0 Å². The van der Waals surface area contributed by atoms with Crippen LogP contribution in [0.15, 0.2) is 10.1 Å². The molecule has 5 N–H and O–H groups in total. The van der Waals surface area contributed by atoms with E-state index >= 15 is 0 Å². The lowest BCUT2D eigenvalue weighted by Crippen LogP contribution is -2.58. The summed E-state index contributed by atoms with van der Waals surface area (Å²) < 4.78 is 33.3. The van der Waals surface area contributed by atoms with Crippen LogP contribution in [0.1, 0.15) is 6.42 Å². The van der Waals surface area contributed by atoms with E-state index in [4.69, 9.17) is 20.9 Å². The molecule has 3 atom stereocenters. The van der Waals surface area contributed by atoms with Gasteiger partial charge < -0.3 is 20.0 Å². The molecule has 1 amide bonds. The van der Waals surface area contributed by atoms with E-state index in [-0.39, 0.29) is 6.29 Å². The minimum atomic E-state index is -3.77. The van der Waals surface area contributed by atoms with Crippen LogP contribution in [0.2, 0.25) is 0 Å². The molecule has 14 heteroatoms. The number of nitrogens with zero attached hydrogens (tertiary/aromatic N) is 4. The number of nitrogens with one attached hydrogen (secondary N) is 3. The summed E-state index contributed by atoms with van der Waals surface area (Å²) in [6.07, 6.45) is -2.84. The first-order valence-electron chi connectivity index (χ1n) is 6.26. The van der Waals surface area contributed by atoms with E-state index in [0.29, 0.717) is 6.21 Å². The molecule has 1 fully saturated rings. The third-order valence-corrected chi connectivity index (χ3v) is 3.06. The van der Waals surface area contributed by atoms with Crippen molar-refractivity contribution in [3.63, 3.8) is 0 Å². The molecule has 0 aromatic carbocycles. The van der Waals surface area contributed by atoms with Crippen LogP contribution in [-0.4, -0.2) is 59.2 Å². The highest BCUT2D eigenvalue weighted by Gasteiger charge is 2.59. The van der Waals surface area contributed by atoms with Crippen molar-refractivity contribution in [2.24, 2.45) is 16.0 Å². The molecule has 0 bridgehead atoms. The molecule has 1 aliphatic rings. The largest absolute Gasteiger partial charge is 0.393 e. The van der Waals surface area contributed by atoms with Crippen molar-refractivity contribution in [3.8, 4) is 0 Å². The van der Waals surface area contributed by atoms with Gasteiger partial charge in [-0.25, -0.2) is 19.3 Å². The Morgan fingerprint density at radius 3 is 2.71 bits per heavy atom. The minimum absolute atomic E-state index is 0.202. The molecule has 0 spiro atoms. The third-order valence-electron chi connectivity index (χ3n) is 3.06. The van der Waals surface area contributed by atoms with Gasteiger partial charge in [0.1, 0.15) is 12.2 Å². The number of aliphatic hydroxyl groups is 1. The molecular weight excluding hydrogens is 336 g/mol. The lowest BCUT2D eigenvalue weighted by molar-refractivity contribution is -0.251. The van der Waals surface area contributed by atoms with E-state index < -0.39 is 48.7 Å². The van der Waals surface area contributed by atoms with Crippen molar-refractivity contribution in [2.75, 3.05) is 6.61 Å². The maximum absolute atomic E-state index is 14.1. The van der Waals surface area contributed by atoms with Gasteiger partial charge in [-0.15, -0.1) is 0 Å². The molecule has 0 aromatic rings. The van der Waals surface area contributed by atoms with Crippen LogP contribution < -0.4 is 10.8 Å². The summed E-state index contributed by atoms with van der Waals surface area (Å²) in [5.74, 6) is -7.80. The number of aldehydes is 1. The Morgan fingerprint density at radius 1 is 1.58 bits per heavy atom. The SMILES string of the molecule is [N-]=[N+]=N[C@]1(CO)O[C@@H](N=C(NO)NC(=O)C=N)CC(F)(F)[C@@H]1C=O. The number of hydrogen-bond acceptors (Lipinski definition) is 8. The number of hydrogen-bond donors (Lipinski definition) is 5. The zero-order valence-corrected chi connectivity index (χ0v) is 11.9. The number of aliphatic imine (C=N–C) groups is 1. The summed E-state index contributed by atoms with van der Waals surface area (Å²) >= 11 is 0. The molecule has 0 radical (unpaired) electrons. The second-order valence-electron chi connectivity index (χ2n) is 4.57. The Kier molecular flexibility index (Phi) is 6.25. The molecule has 1 aliphatic heterocycles. The number of guanidine groups is 1. The fourth-order valence-electron chi connectivity index (χ4n) is 2.03. The first kappa shape index (κ1) is 19.4. The number of alkyl halides is 2. The molecule has 132 valence electrons. The van der Waals surface area contributed by atoms with Gasteiger partial charge in [-0.3, -0.25) is 15.3 Å². The van der Waals surface area contributed by atoms with Crippen LogP contribution in [0, 0.1) is 11.3 Å². The Labute approximate surface area is 132 Å². The van der Waals surface area contributed by atoms with Crippen LogP contribution in [0.25, 0.3) is 10.4 Å². The predicted octanol–water partition coefficient (Wildman–Crippen LogP) is -0.717. The highest BCUT2D eigenvalue weighted by molar-refractivity contribution is 6.28. The maximum Gasteiger partial charge on any atom is 0.268 e. The number of aliphatic hydroxyl groups excluding tert-OH is 1. The summed E-state index contributed by atoms with van der Waals surface area (Å²) in [6, 6.07) is 0. The molecule has 0 saturated carbocycles. The number of rotatable bonds is 5. The number of carbonyl (C=O) groups excluding carboxylic acids is 2. The smallest absolute Gasteiger partial charge is 0.268 e. The Morgan fingerprint density at radius 2 is 2.25 bits per heavy atom. The predicted molar refractivity (Wildman–Crippen MR) is 72.2 cm³/mol. The fourth-order valence-corrected chi connectivity index (χ4v) is 2.03. The Balaban J connectivity index is 3.23. The van der Waals surface area contributed by atoms with E-state index in [0.717, 1.165) is 0 Å². The van der Waals surface area contributed by atoms with Crippen LogP contribution in [-0.2, 0) is 14.3 Å². The number of hydroxylamine groups is 1. The van der Waals surface area contributed by atoms with Gasteiger partial charge in [0.15, 0.2) is 12.0 Å². The second kappa shape index (κ2) is 7.74. The normalized spacial score (nSPS) is 29.1. The van der Waals surface area contributed by atoms with Crippen molar-refractivity contribution in [1.29, 1.82) is 5.41 Å². The van der Waals surface area contributed by atoms with Gasteiger partial charge in [0.2, 0.25) is 5.96 Å². The van der Waals surface area contributed by atoms with Crippen molar-refractivity contribution in [2.45, 2.75) is 24.3 Å². The first-order valence-corrected chi connectivity index (χ1v) is 6.26. The van der Waals surface area contributed by atoms with E-state index in [1.54, 1.807) is 0 Å². The van der Waals surface area contributed by atoms with Crippen molar-refractivity contribution >= 4 is 24.4 Å². The molecule has 1 saturated heterocycles. The fraction of sp³-hybridized carbons (Fsp3) is 0.600. The lowest BCUT2D eigenvalue weighted by Gasteiger charge is -2.43. The highest BCUT2D eigenvalue weighted by Crippen LogP contribution is 2.44. The van der Waals surface area contributed by atoms with Crippen LogP contribution in [0.3, 0.4) is 0 Å². The summed E-state index contributed by atoms with van der Waals surface area (Å²) in [4.78, 5) is 27.7. The van der Waals surface area contributed by atoms with Gasteiger partial charge in [0.25, 0.3) is 11.8 Å². The number of carbonyl (C=O) groups is 2. The quantitative estimate of drug-likeness (QED) is 0.0826. The zero-order valence-electron chi connectivity index (χ0n) is 11.9. The molecular formula is C10H13F2N7O5. The molecule has 0 aliphatic carbocycles. The number of amides is 1. The zero-order chi connectivity index (χ0) is 18.4. The monoisotopic (exact) mass is 349 g/mol. The van der Waals surface area contributed by atoms with Gasteiger partial charge >= 0.3 is 0 Å². The van der Waals surface area contributed by atoms with Crippen molar-refractivity contribution in [3.05, 3.63) is 10.4 Å². The number of ether oxygens (including phenoxy) is 1. The van der Waals surface area contributed by atoms with E-state index in [1.165, 1.54) is 5.48 Å². The minimum Gasteiger partial charge on any atom is -0.393 e. The van der Waals surface area contributed by atoms with Crippen molar-refractivity contribution in [1.82, 2.24) is 10.8 Å². The number of halogens is 2. The number of azide groups is 1. The molecule has 24 heavy (non-hydrogen) atoms. The molecule has 0 aromatic heterocycles. The van der Waals surface area contributed by atoms with E-state index in [9.17, 15) is 23.5 Å². The average molecular weight is 349 g/mol. The van der Waals surface area contributed by atoms with Crippen LogP contribution in [0.5, 0.6) is 0 Å². The highest BCUT2D eigenvalue weighted by atomic mass is 19.3. The maximum atomic E-state index is 14.1. The molecule has 12 nitrogen and oxygen atoms in total. The topological polar surface area (TPSA) is 193 Å². The average Bonchev–Trinajstić information content (AvgIpc) is 2.53. The van der Waals surface area contributed by atoms with Gasteiger partial charge in [-0.2, -0.15) is 0 Å².